The molecule has 0 aliphatic heterocycles. The summed E-state index contributed by atoms with van der Waals surface area (Å²) in [6, 6.07) is 10.1. The topological polar surface area (TPSA) is 28.7 Å². The lowest BCUT2D eigenvalue weighted by Crippen LogP contribution is -1.91. The maximum Gasteiger partial charge on any atom is 0.101 e. The SMILES string of the molecule is Cc1cc2cccc(C#N)c2n1C. The quantitative estimate of drug-likeness (QED) is 0.596. The Morgan fingerprint density at radius 3 is 2.85 bits per heavy atom. The van der Waals surface area contributed by atoms with E-state index in [9.17, 15) is 0 Å². The van der Waals surface area contributed by atoms with Gasteiger partial charge in [-0.1, -0.05) is 12.1 Å². The number of para-hydroxylation sites is 1. The molecule has 2 heteroatoms. The van der Waals surface area contributed by atoms with Gasteiger partial charge in [0.05, 0.1) is 11.1 Å². The average Bonchev–Trinajstić information content (AvgIpc) is 2.43. The summed E-state index contributed by atoms with van der Waals surface area (Å²) >= 11 is 0. The van der Waals surface area contributed by atoms with Crippen LogP contribution in [0.5, 0.6) is 0 Å². The van der Waals surface area contributed by atoms with E-state index in [1.165, 1.54) is 5.69 Å². The summed E-state index contributed by atoms with van der Waals surface area (Å²) in [5.41, 5.74) is 2.95. The first-order valence-corrected chi connectivity index (χ1v) is 4.19. The van der Waals surface area contributed by atoms with Crippen molar-refractivity contribution in [3.8, 4) is 6.07 Å². The van der Waals surface area contributed by atoms with Crippen LogP contribution in [0.1, 0.15) is 11.3 Å². The number of nitriles is 1. The second kappa shape index (κ2) is 2.63. The number of rotatable bonds is 0. The van der Waals surface area contributed by atoms with E-state index >= 15 is 0 Å². The summed E-state index contributed by atoms with van der Waals surface area (Å²) < 4.78 is 2.05. The fourth-order valence-corrected chi connectivity index (χ4v) is 1.64. The second-order valence-electron chi connectivity index (χ2n) is 3.20. The Balaban J connectivity index is 2.97. The monoisotopic (exact) mass is 170 g/mol. The van der Waals surface area contributed by atoms with E-state index in [2.05, 4.69) is 12.1 Å². The maximum absolute atomic E-state index is 8.91. The summed E-state index contributed by atoms with van der Waals surface area (Å²) in [5.74, 6) is 0. The molecule has 0 amide bonds. The van der Waals surface area contributed by atoms with E-state index in [1.54, 1.807) is 0 Å². The van der Waals surface area contributed by atoms with Crippen LogP contribution in [-0.4, -0.2) is 4.57 Å². The molecule has 0 N–H and O–H groups in total. The standard InChI is InChI=1S/C11H10N2/c1-8-6-9-4-3-5-10(7-12)11(9)13(8)2/h3-6H,1-2H3. The van der Waals surface area contributed by atoms with Crippen molar-refractivity contribution in [3.05, 3.63) is 35.5 Å². The van der Waals surface area contributed by atoms with Crippen LogP contribution in [0.2, 0.25) is 0 Å². The minimum atomic E-state index is 0.744. The van der Waals surface area contributed by atoms with Gasteiger partial charge in [-0.3, -0.25) is 0 Å². The summed E-state index contributed by atoms with van der Waals surface area (Å²) in [4.78, 5) is 0. The van der Waals surface area contributed by atoms with Gasteiger partial charge in [-0.15, -0.1) is 0 Å². The molecule has 13 heavy (non-hydrogen) atoms. The van der Waals surface area contributed by atoms with E-state index in [0.29, 0.717) is 0 Å². The normalized spacial score (nSPS) is 10.2. The molecule has 1 heterocycles. The number of fused-ring (bicyclic) bond motifs is 1. The third kappa shape index (κ3) is 1.01. The summed E-state index contributed by atoms with van der Waals surface area (Å²) in [6.07, 6.45) is 0. The van der Waals surface area contributed by atoms with Gasteiger partial charge in [0.25, 0.3) is 0 Å². The predicted molar refractivity (Wildman–Crippen MR) is 52.4 cm³/mol. The lowest BCUT2D eigenvalue weighted by molar-refractivity contribution is 0.917. The molecule has 1 aromatic carbocycles. The minimum absolute atomic E-state index is 0.744. The number of hydrogen-bond donors (Lipinski definition) is 0. The largest absolute Gasteiger partial charge is 0.347 e. The molecule has 0 atom stereocenters. The molecular formula is C11H10N2. The van der Waals surface area contributed by atoms with Gasteiger partial charge in [0.1, 0.15) is 6.07 Å². The first-order chi connectivity index (χ1) is 6.24. The van der Waals surface area contributed by atoms with Gasteiger partial charge >= 0.3 is 0 Å². The second-order valence-corrected chi connectivity index (χ2v) is 3.20. The smallest absolute Gasteiger partial charge is 0.101 e. The Kier molecular flexibility index (Phi) is 1.60. The van der Waals surface area contributed by atoms with Gasteiger partial charge in [0, 0.05) is 18.1 Å². The summed E-state index contributed by atoms with van der Waals surface area (Å²) in [5, 5.41) is 10.0. The van der Waals surface area contributed by atoms with Gasteiger partial charge in [0.15, 0.2) is 0 Å². The number of benzene rings is 1. The molecule has 0 saturated heterocycles. The van der Waals surface area contributed by atoms with Gasteiger partial charge in [-0.2, -0.15) is 5.26 Å². The van der Waals surface area contributed by atoms with Crippen molar-refractivity contribution < 1.29 is 0 Å². The van der Waals surface area contributed by atoms with Crippen LogP contribution in [-0.2, 0) is 7.05 Å². The Labute approximate surface area is 77.0 Å². The fourth-order valence-electron chi connectivity index (χ4n) is 1.64. The zero-order chi connectivity index (χ0) is 9.42. The highest BCUT2D eigenvalue weighted by atomic mass is 14.9. The van der Waals surface area contributed by atoms with E-state index in [1.807, 2.05) is 36.7 Å². The summed E-state index contributed by atoms with van der Waals surface area (Å²) in [7, 11) is 1.98. The van der Waals surface area contributed by atoms with E-state index in [0.717, 1.165) is 16.5 Å². The minimum Gasteiger partial charge on any atom is -0.347 e. The van der Waals surface area contributed by atoms with E-state index < -0.39 is 0 Å². The molecular weight excluding hydrogens is 160 g/mol. The number of hydrogen-bond acceptors (Lipinski definition) is 1. The van der Waals surface area contributed by atoms with Crippen LogP contribution in [0.4, 0.5) is 0 Å². The Hall–Kier alpha value is -1.75. The van der Waals surface area contributed by atoms with Crippen molar-refractivity contribution in [1.29, 1.82) is 5.26 Å². The molecule has 0 aliphatic rings. The fraction of sp³-hybridized carbons (Fsp3) is 0.182. The van der Waals surface area contributed by atoms with Crippen molar-refractivity contribution in [1.82, 2.24) is 4.57 Å². The molecule has 2 rings (SSSR count). The Morgan fingerprint density at radius 2 is 2.15 bits per heavy atom. The number of aromatic nitrogens is 1. The van der Waals surface area contributed by atoms with Crippen molar-refractivity contribution in [2.75, 3.05) is 0 Å². The van der Waals surface area contributed by atoms with Gasteiger partial charge in [-0.25, -0.2) is 0 Å². The van der Waals surface area contributed by atoms with Crippen molar-refractivity contribution in [2.24, 2.45) is 7.05 Å². The van der Waals surface area contributed by atoms with Gasteiger partial charge in [0.2, 0.25) is 0 Å². The van der Waals surface area contributed by atoms with Crippen LogP contribution in [0.3, 0.4) is 0 Å². The van der Waals surface area contributed by atoms with Crippen LogP contribution in [0, 0.1) is 18.3 Å². The molecule has 0 spiro atoms. The third-order valence-electron chi connectivity index (χ3n) is 2.42. The highest BCUT2D eigenvalue weighted by Crippen LogP contribution is 2.21. The first-order valence-electron chi connectivity index (χ1n) is 4.19. The van der Waals surface area contributed by atoms with Crippen LogP contribution in [0.25, 0.3) is 10.9 Å². The van der Waals surface area contributed by atoms with Crippen LogP contribution in [0.15, 0.2) is 24.3 Å². The molecule has 2 aromatic rings. The highest BCUT2D eigenvalue weighted by Gasteiger charge is 2.05. The number of nitrogens with zero attached hydrogens (tertiary/aromatic N) is 2. The molecule has 0 fully saturated rings. The molecule has 0 saturated carbocycles. The molecule has 0 unspecified atom stereocenters. The lowest BCUT2D eigenvalue weighted by Gasteiger charge is -1.99. The zero-order valence-corrected chi connectivity index (χ0v) is 7.70. The van der Waals surface area contributed by atoms with Crippen molar-refractivity contribution in [2.45, 2.75) is 6.92 Å². The predicted octanol–water partition coefficient (Wildman–Crippen LogP) is 2.36. The van der Waals surface area contributed by atoms with Crippen molar-refractivity contribution in [3.63, 3.8) is 0 Å². The zero-order valence-electron chi connectivity index (χ0n) is 7.70. The Bertz CT molecular complexity index is 501. The van der Waals surface area contributed by atoms with E-state index in [4.69, 9.17) is 5.26 Å². The molecule has 0 radical (unpaired) electrons. The van der Waals surface area contributed by atoms with Crippen LogP contribution < -0.4 is 0 Å². The summed E-state index contributed by atoms with van der Waals surface area (Å²) in [6.45, 7) is 2.04. The van der Waals surface area contributed by atoms with E-state index in [-0.39, 0.29) is 0 Å². The maximum atomic E-state index is 8.91. The third-order valence-corrected chi connectivity index (χ3v) is 2.42. The molecule has 2 nitrogen and oxygen atoms in total. The van der Waals surface area contributed by atoms with Crippen molar-refractivity contribution >= 4 is 10.9 Å². The molecule has 0 bridgehead atoms. The first kappa shape index (κ1) is 7.88. The van der Waals surface area contributed by atoms with Crippen LogP contribution >= 0.6 is 0 Å². The lowest BCUT2D eigenvalue weighted by atomic mass is 10.1. The Morgan fingerprint density at radius 1 is 1.38 bits per heavy atom. The van der Waals surface area contributed by atoms with Gasteiger partial charge in [-0.05, 0) is 19.1 Å². The highest BCUT2D eigenvalue weighted by molar-refractivity contribution is 5.86. The molecule has 0 aliphatic carbocycles. The molecule has 64 valence electrons. The number of aryl methyl sites for hydroxylation is 2. The van der Waals surface area contributed by atoms with Gasteiger partial charge < -0.3 is 4.57 Å². The molecule has 1 aromatic heterocycles. The average molecular weight is 170 g/mol.